The van der Waals surface area contributed by atoms with E-state index in [1.54, 1.807) is 0 Å². The summed E-state index contributed by atoms with van der Waals surface area (Å²) in [5, 5.41) is 0. The fourth-order valence-electron chi connectivity index (χ4n) is 0.967. The molecule has 10 heavy (non-hydrogen) atoms. The van der Waals surface area contributed by atoms with Gasteiger partial charge in [-0.05, 0) is 6.08 Å². The first-order chi connectivity index (χ1) is 4.75. The Morgan fingerprint density at radius 3 is 2.90 bits per heavy atom. The minimum atomic E-state index is 0.213. The van der Waals surface area contributed by atoms with Gasteiger partial charge in [-0.3, -0.25) is 0 Å². The van der Waals surface area contributed by atoms with Gasteiger partial charge in [-0.15, -0.1) is 6.42 Å². The van der Waals surface area contributed by atoms with E-state index in [2.05, 4.69) is 12.5 Å². The summed E-state index contributed by atoms with van der Waals surface area (Å²) in [6.07, 6.45) is 11.2. The second-order valence-corrected chi connectivity index (χ2v) is 2.31. The zero-order valence-electron chi connectivity index (χ0n) is 6.04. The molecule has 1 heteroatoms. The minimum absolute atomic E-state index is 0.213. The van der Waals surface area contributed by atoms with E-state index in [-0.39, 0.29) is 6.04 Å². The van der Waals surface area contributed by atoms with Crippen molar-refractivity contribution in [3.63, 3.8) is 0 Å². The second-order valence-electron chi connectivity index (χ2n) is 2.31. The maximum atomic E-state index is 5.19. The summed E-state index contributed by atoms with van der Waals surface area (Å²) in [5.74, 6) is 2.53. The van der Waals surface area contributed by atoms with Crippen LogP contribution >= 0.6 is 0 Å². The third-order valence-electron chi connectivity index (χ3n) is 1.60. The lowest BCUT2D eigenvalue weighted by Gasteiger charge is -2.01. The second kappa shape index (κ2) is 2.53. The molecule has 1 nitrogen and oxygen atoms in total. The lowest BCUT2D eigenvalue weighted by molar-refractivity contribution is -0.506. The Morgan fingerprint density at radius 2 is 2.50 bits per heavy atom. The maximum absolute atomic E-state index is 5.19. The van der Waals surface area contributed by atoms with Crippen LogP contribution in [0.5, 0.6) is 0 Å². The highest BCUT2D eigenvalue weighted by atomic mass is 15.0. The van der Waals surface area contributed by atoms with Crippen LogP contribution in [0.15, 0.2) is 24.3 Å². The molecule has 0 aliphatic carbocycles. The van der Waals surface area contributed by atoms with Gasteiger partial charge in [0.15, 0.2) is 6.21 Å². The zero-order valence-corrected chi connectivity index (χ0v) is 6.04. The van der Waals surface area contributed by atoms with Gasteiger partial charge in [0.2, 0.25) is 6.04 Å². The average molecular weight is 132 g/mol. The number of hydrogen-bond acceptors (Lipinski definition) is 0. The highest BCUT2D eigenvalue weighted by Gasteiger charge is 2.18. The first-order valence-corrected chi connectivity index (χ1v) is 3.14. The van der Waals surface area contributed by atoms with Gasteiger partial charge in [-0.1, -0.05) is 12.5 Å². The van der Waals surface area contributed by atoms with E-state index >= 15 is 0 Å². The molecule has 0 aromatic carbocycles. The molecule has 0 N–H and O–H groups in total. The van der Waals surface area contributed by atoms with Crippen LogP contribution in [-0.4, -0.2) is 23.9 Å². The molecular formula is C9H10N+. The molecule has 1 unspecified atom stereocenters. The van der Waals surface area contributed by atoms with Gasteiger partial charge in [-0.2, -0.15) is 0 Å². The van der Waals surface area contributed by atoms with Crippen LogP contribution in [0.4, 0.5) is 0 Å². The zero-order chi connectivity index (χ0) is 7.56. The SMILES string of the molecule is C#CC(=C)C1C=CC=[N+]1C. The number of terminal acetylenes is 1. The Hall–Kier alpha value is -1.29. The lowest BCUT2D eigenvalue weighted by Crippen LogP contribution is -2.18. The molecule has 0 spiro atoms. The molecule has 0 aromatic rings. The highest BCUT2D eigenvalue weighted by Crippen LogP contribution is 2.06. The summed E-state index contributed by atoms with van der Waals surface area (Å²) in [4.78, 5) is 0. The van der Waals surface area contributed by atoms with Gasteiger partial charge in [0.1, 0.15) is 7.05 Å². The number of allylic oxidation sites excluding steroid dienone is 1. The molecular weight excluding hydrogens is 122 g/mol. The molecule has 1 heterocycles. The van der Waals surface area contributed by atoms with Crippen molar-refractivity contribution in [1.29, 1.82) is 0 Å². The third kappa shape index (κ3) is 1.01. The van der Waals surface area contributed by atoms with E-state index < -0.39 is 0 Å². The monoisotopic (exact) mass is 132 g/mol. The lowest BCUT2D eigenvalue weighted by atomic mass is 10.1. The van der Waals surface area contributed by atoms with Crippen LogP contribution in [0.3, 0.4) is 0 Å². The molecule has 0 amide bonds. The van der Waals surface area contributed by atoms with E-state index in [1.807, 2.05) is 30.0 Å². The van der Waals surface area contributed by atoms with Gasteiger partial charge in [0.25, 0.3) is 0 Å². The third-order valence-corrected chi connectivity index (χ3v) is 1.60. The van der Waals surface area contributed by atoms with E-state index in [0.717, 1.165) is 5.57 Å². The van der Waals surface area contributed by atoms with Crippen molar-refractivity contribution in [3.8, 4) is 12.3 Å². The normalized spacial score (nSPS) is 22.0. The molecule has 1 rings (SSSR count). The molecule has 0 aromatic heterocycles. The largest absolute Gasteiger partial charge is 0.227 e. The Labute approximate surface area is 61.4 Å². The van der Waals surface area contributed by atoms with Crippen LogP contribution in [-0.2, 0) is 0 Å². The summed E-state index contributed by atoms with van der Waals surface area (Å²) in [6.45, 7) is 3.76. The molecule has 0 radical (unpaired) electrons. The van der Waals surface area contributed by atoms with Crippen molar-refractivity contribution >= 4 is 6.21 Å². The van der Waals surface area contributed by atoms with Crippen LogP contribution in [0.25, 0.3) is 0 Å². The van der Waals surface area contributed by atoms with Crippen molar-refractivity contribution < 1.29 is 4.58 Å². The van der Waals surface area contributed by atoms with Gasteiger partial charge < -0.3 is 0 Å². The summed E-state index contributed by atoms with van der Waals surface area (Å²) in [6, 6.07) is 0.213. The minimum Gasteiger partial charge on any atom is -0.227 e. The molecule has 0 saturated heterocycles. The summed E-state index contributed by atoms with van der Waals surface area (Å²) >= 11 is 0. The maximum Gasteiger partial charge on any atom is 0.203 e. The molecule has 0 bridgehead atoms. The predicted molar refractivity (Wildman–Crippen MR) is 43.1 cm³/mol. The fraction of sp³-hybridized carbons (Fsp3) is 0.222. The molecule has 50 valence electrons. The number of hydrogen-bond donors (Lipinski definition) is 0. The molecule has 1 atom stereocenters. The van der Waals surface area contributed by atoms with Gasteiger partial charge >= 0.3 is 0 Å². The first-order valence-electron chi connectivity index (χ1n) is 3.14. The summed E-state index contributed by atoms with van der Waals surface area (Å²) in [7, 11) is 1.98. The topological polar surface area (TPSA) is 3.01 Å². The Kier molecular flexibility index (Phi) is 1.73. The van der Waals surface area contributed by atoms with Crippen molar-refractivity contribution in [1.82, 2.24) is 0 Å². The molecule has 1 aliphatic rings. The summed E-state index contributed by atoms with van der Waals surface area (Å²) in [5.41, 5.74) is 0.813. The van der Waals surface area contributed by atoms with Crippen LogP contribution < -0.4 is 0 Å². The van der Waals surface area contributed by atoms with E-state index in [0.29, 0.717) is 0 Å². The number of likely N-dealkylation sites (N-methyl/N-ethyl adjacent to an activating group) is 1. The van der Waals surface area contributed by atoms with E-state index in [1.165, 1.54) is 0 Å². The predicted octanol–water partition coefficient (Wildman–Crippen LogP) is 0.827. The fourth-order valence-corrected chi connectivity index (χ4v) is 0.967. The standard InChI is InChI=1S/C9H10N/c1-4-8(2)9-6-5-7-10(9)3/h1,5-7,9H,2H2,3H3/q+1. The Morgan fingerprint density at radius 1 is 1.80 bits per heavy atom. The van der Waals surface area contributed by atoms with Crippen LogP contribution in [0, 0.1) is 12.3 Å². The van der Waals surface area contributed by atoms with Gasteiger partial charge in [0, 0.05) is 6.08 Å². The first kappa shape index (κ1) is 6.82. The molecule has 0 fully saturated rings. The highest BCUT2D eigenvalue weighted by molar-refractivity contribution is 5.69. The average Bonchev–Trinajstić information content (AvgIpc) is 2.34. The summed E-state index contributed by atoms with van der Waals surface area (Å²) < 4.78 is 2.03. The Balaban J connectivity index is 2.79. The van der Waals surface area contributed by atoms with Crippen molar-refractivity contribution in [2.24, 2.45) is 0 Å². The van der Waals surface area contributed by atoms with Crippen molar-refractivity contribution in [2.75, 3.05) is 7.05 Å². The van der Waals surface area contributed by atoms with E-state index in [4.69, 9.17) is 6.42 Å². The van der Waals surface area contributed by atoms with Crippen molar-refractivity contribution in [3.05, 3.63) is 24.3 Å². The van der Waals surface area contributed by atoms with Crippen LogP contribution in [0.1, 0.15) is 0 Å². The van der Waals surface area contributed by atoms with Crippen molar-refractivity contribution in [2.45, 2.75) is 6.04 Å². The quantitative estimate of drug-likeness (QED) is 0.367. The van der Waals surface area contributed by atoms with Crippen LogP contribution in [0.2, 0.25) is 0 Å². The number of rotatable bonds is 1. The molecule has 1 aliphatic heterocycles. The van der Waals surface area contributed by atoms with E-state index in [9.17, 15) is 0 Å². The van der Waals surface area contributed by atoms with Gasteiger partial charge in [0.05, 0.1) is 5.57 Å². The van der Waals surface area contributed by atoms with Gasteiger partial charge in [-0.25, -0.2) is 4.58 Å². The Bertz CT molecular complexity index is 250. The molecule has 0 saturated carbocycles. The number of nitrogens with zero attached hydrogens (tertiary/aromatic N) is 1. The smallest absolute Gasteiger partial charge is 0.203 e.